The third-order valence-corrected chi connectivity index (χ3v) is 3.02. The van der Waals surface area contributed by atoms with Crippen LogP contribution < -0.4 is 9.47 Å². The molecule has 1 aromatic heterocycles. The first-order valence-electron chi connectivity index (χ1n) is 7.12. The van der Waals surface area contributed by atoms with Crippen molar-refractivity contribution in [2.75, 3.05) is 13.7 Å². The number of nitrogens with zero attached hydrogens (tertiary/aromatic N) is 2. The van der Waals surface area contributed by atoms with Crippen molar-refractivity contribution < 1.29 is 9.47 Å². The minimum atomic E-state index is 0.507. The molecule has 22 heavy (non-hydrogen) atoms. The minimum Gasteiger partial charge on any atom is -0.493 e. The number of hydrogen-bond acceptors (Lipinski definition) is 4. The molecule has 0 bridgehead atoms. The Morgan fingerprint density at radius 3 is 2.77 bits per heavy atom. The molecule has 2 aromatic rings. The summed E-state index contributed by atoms with van der Waals surface area (Å²) in [6, 6.07) is 13.3. The first-order valence-corrected chi connectivity index (χ1v) is 7.12. The van der Waals surface area contributed by atoms with Crippen LogP contribution >= 0.6 is 0 Å². The van der Waals surface area contributed by atoms with Crippen LogP contribution in [0.3, 0.4) is 0 Å². The molecule has 0 aliphatic carbocycles. The standard InChI is InChI=1S/C18H18N2O2/c1-3-10-22-18-12-14(7-8-17(18)21-2)11-15(13-19)16-6-4-5-9-20-16/h4-9,11-12H,3,10H2,1-2H3/b15-11+. The van der Waals surface area contributed by atoms with Gasteiger partial charge in [-0.05, 0) is 42.3 Å². The Kier molecular flexibility index (Phi) is 5.56. The van der Waals surface area contributed by atoms with Crippen molar-refractivity contribution in [1.29, 1.82) is 5.26 Å². The molecule has 0 N–H and O–H groups in total. The number of pyridine rings is 1. The van der Waals surface area contributed by atoms with Crippen molar-refractivity contribution in [2.24, 2.45) is 0 Å². The Hall–Kier alpha value is -2.80. The van der Waals surface area contributed by atoms with Crippen molar-refractivity contribution in [2.45, 2.75) is 13.3 Å². The topological polar surface area (TPSA) is 55.1 Å². The van der Waals surface area contributed by atoms with Gasteiger partial charge in [-0.1, -0.05) is 19.1 Å². The van der Waals surface area contributed by atoms with Gasteiger partial charge in [0.15, 0.2) is 11.5 Å². The minimum absolute atomic E-state index is 0.507. The van der Waals surface area contributed by atoms with Crippen molar-refractivity contribution in [1.82, 2.24) is 4.98 Å². The van der Waals surface area contributed by atoms with Crippen molar-refractivity contribution >= 4 is 11.6 Å². The lowest BCUT2D eigenvalue weighted by Gasteiger charge is -2.10. The molecule has 4 heteroatoms. The van der Waals surface area contributed by atoms with Crippen LogP contribution in [0.4, 0.5) is 0 Å². The molecule has 0 aliphatic heterocycles. The van der Waals surface area contributed by atoms with E-state index < -0.39 is 0 Å². The normalized spacial score (nSPS) is 10.9. The van der Waals surface area contributed by atoms with Crippen LogP contribution in [-0.4, -0.2) is 18.7 Å². The summed E-state index contributed by atoms with van der Waals surface area (Å²) < 4.78 is 11.0. The number of rotatable bonds is 6. The van der Waals surface area contributed by atoms with E-state index in [1.54, 1.807) is 19.4 Å². The zero-order valence-electron chi connectivity index (χ0n) is 12.7. The van der Waals surface area contributed by atoms with E-state index in [9.17, 15) is 5.26 Å². The average molecular weight is 294 g/mol. The van der Waals surface area contributed by atoms with E-state index in [4.69, 9.17) is 9.47 Å². The van der Waals surface area contributed by atoms with Gasteiger partial charge in [-0.3, -0.25) is 4.98 Å². The lowest BCUT2D eigenvalue weighted by Crippen LogP contribution is -1.98. The molecule has 0 radical (unpaired) electrons. The highest BCUT2D eigenvalue weighted by Gasteiger charge is 2.07. The van der Waals surface area contributed by atoms with Crippen LogP contribution in [0.5, 0.6) is 11.5 Å². The summed E-state index contributed by atoms with van der Waals surface area (Å²) in [6.07, 6.45) is 4.38. The third-order valence-electron chi connectivity index (χ3n) is 3.02. The zero-order valence-corrected chi connectivity index (χ0v) is 12.7. The van der Waals surface area contributed by atoms with Crippen LogP contribution in [0.25, 0.3) is 11.6 Å². The molecule has 1 aromatic carbocycles. The molecular weight excluding hydrogens is 276 g/mol. The Morgan fingerprint density at radius 1 is 1.27 bits per heavy atom. The molecule has 0 amide bonds. The summed E-state index contributed by atoms with van der Waals surface area (Å²) in [5.74, 6) is 1.36. The lowest BCUT2D eigenvalue weighted by atomic mass is 10.1. The van der Waals surface area contributed by atoms with Crippen molar-refractivity contribution in [3.05, 3.63) is 53.9 Å². The van der Waals surface area contributed by atoms with Gasteiger partial charge >= 0.3 is 0 Å². The summed E-state index contributed by atoms with van der Waals surface area (Å²) in [5, 5.41) is 9.34. The van der Waals surface area contributed by atoms with E-state index in [0.29, 0.717) is 29.4 Å². The van der Waals surface area contributed by atoms with Crippen molar-refractivity contribution in [3.63, 3.8) is 0 Å². The number of hydrogen-bond donors (Lipinski definition) is 0. The van der Waals surface area contributed by atoms with Gasteiger partial charge in [0.2, 0.25) is 0 Å². The van der Waals surface area contributed by atoms with Crippen molar-refractivity contribution in [3.8, 4) is 17.6 Å². The number of aromatic nitrogens is 1. The summed E-state index contributed by atoms with van der Waals surface area (Å²) in [5.41, 5.74) is 2.03. The molecule has 0 spiro atoms. The first kappa shape index (κ1) is 15.6. The van der Waals surface area contributed by atoms with E-state index in [2.05, 4.69) is 11.1 Å². The fraction of sp³-hybridized carbons (Fsp3) is 0.222. The van der Waals surface area contributed by atoms with Gasteiger partial charge in [-0.15, -0.1) is 0 Å². The Labute approximate surface area is 130 Å². The maximum Gasteiger partial charge on any atom is 0.161 e. The highest BCUT2D eigenvalue weighted by atomic mass is 16.5. The van der Waals surface area contributed by atoms with Gasteiger partial charge in [-0.25, -0.2) is 0 Å². The molecular formula is C18H18N2O2. The molecule has 2 rings (SSSR count). The SMILES string of the molecule is CCCOc1cc(/C=C(\C#N)c2ccccn2)ccc1OC. The number of allylic oxidation sites excluding steroid dienone is 1. The molecule has 4 nitrogen and oxygen atoms in total. The monoisotopic (exact) mass is 294 g/mol. The fourth-order valence-electron chi connectivity index (χ4n) is 1.96. The molecule has 0 saturated heterocycles. The maximum absolute atomic E-state index is 9.34. The molecule has 0 aliphatic rings. The second-order valence-electron chi connectivity index (χ2n) is 4.64. The molecule has 1 heterocycles. The highest BCUT2D eigenvalue weighted by Crippen LogP contribution is 2.29. The van der Waals surface area contributed by atoms with Crippen LogP contribution in [0.1, 0.15) is 24.6 Å². The Balaban J connectivity index is 2.35. The largest absolute Gasteiger partial charge is 0.493 e. The van der Waals surface area contributed by atoms with E-state index in [1.807, 2.05) is 43.3 Å². The molecule has 0 fully saturated rings. The highest BCUT2D eigenvalue weighted by molar-refractivity contribution is 5.88. The van der Waals surface area contributed by atoms with Crippen LogP contribution in [-0.2, 0) is 0 Å². The third kappa shape index (κ3) is 3.86. The number of methoxy groups -OCH3 is 1. The molecule has 0 saturated carbocycles. The predicted molar refractivity (Wildman–Crippen MR) is 86.5 cm³/mol. The zero-order chi connectivity index (χ0) is 15.8. The summed E-state index contributed by atoms with van der Waals surface area (Å²) in [6.45, 7) is 2.67. The second-order valence-corrected chi connectivity index (χ2v) is 4.64. The van der Waals surface area contributed by atoms with Gasteiger partial charge in [0.25, 0.3) is 0 Å². The maximum atomic E-state index is 9.34. The van der Waals surface area contributed by atoms with Gasteiger partial charge in [-0.2, -0.15) is 5.26 Å². The van der Waals surface area contributed by atoms with Gasteiger partial charge in [0.05, 0.1) is 25.0 Å². The molecule has 0 unspecified atom stereocenters. The number of ether oxygens (including phenoxy) is 2. The van der Waals surface area contributed by atoms with Gasteiger partial charge < -0.3 is 9.47 Å². The van der Waals surface area contributed by atoms with E-state index >= 15 is 0 Å². The average Bonchev–Trinajstić information content (AvgIpc) is 2.58. The fourth-order valence-corrected chi connectivity index (χ4v) is 1.96. The smallest absolute Gasteiger partial charge is 0.161 e. The number of nitriles is 1. The Morgan fingerprint density at radius 2 is 2.14 bits per heavy atom. The second kappa shape index (κ2) is 7.84. The van der Waals surface area contributed by atoms with E-state index in [1.165, 1.54) is 0 Å². The summed E-state index contributed by atoms with van der Waals surface area (Å²) in [4.78, 5) is 4.21. The van der Waals surface area contributed by atoms with Gasteiger partial charge in [0, 0.05) is 6.20 Å². The quantitative estimate of drug-likeness (QED) is 0.757. The van der Waals surface area contributed by atoms with E-state index in [0.717, 1.165) is 12.0 Å². The summed E-state index contributed by atoms with van der Waals surface area (Å²) >= 11 is 0. The van der Waals surface area contributed by atoms with Crippen LogP contribution in [0, 0.1) is 11.3 Å². The number of benzene rings is 1. The molecule has 0 atom stereocenters. The summed E-state index contributed by atoms with van der Waals surface area (Å²) in [7, 11) is 1.61. The van der Waals surface area contributed by atoms with Crippen LogP contribution in [0.15, 0.2) is 42.6 Å². The molecule has 112 valence electrons. The lowest BCUT2D eigenvalue weighted by molar-refractivity contribution is 0.294. The van der Waals surface area contributed by atoms with Crippen LogP contribution in [0.2, 0.25) is 0 Å². The predicted octanol–water partition coefficient (Wildman–Crippen LogP) is 3.94. The Bertz CT molecular complexity index is 688. The van der Waals surface area contributed by atoms with Gasteiger partial charge in [0.1, 0.15) is 6.07 Å². The first-order chi connectivity index (χ1) is 10.8. The van der Waals surface area contributed by atoms with E-state index in [-0.39, 0.29) is 0 Å².